The van der Waals surface area contributed by atoms with E-state index in [1.165, 1.54) is 0 Å². The van der Waals surface area contributed by atoms with E-state index in [0.717, 1.165) is 3.57 Å². The van der Waals surface area contributed by atoms with Gasteiger partial charge in [0.1, 0.15) is 5.82 Å². The highest BCUT2D eigenvalue weighted by Crippen LogP contribution is 2.12. The molecule has 1 aromatic rings. The van der Waals surface area contributed by atoms with Gasteiger partial charge in [-0.25, -0.2) is 4.98 Å². The van der Waals surface area contributed by atoms with Gasteiger partial charge in [-0.05, 0) is 22.6 Å². The molecule has 0 fully saturated rings. The highest BCUT2D eigenvalue weighted by atomic mass is 127. The van der Waals surface area contributed by atoms with Gasteiger partial charge in [0, 0.05) is 20.3 Å². The van der Waals surface area contributed by atoms with E-state index in [9.17, 15) is 0 Å². The van der Waals surface area contributed by atoms with E-state index in [-0.39, 0.29) is 0 Å². The molecule has 11 heavy (non-hydrogen) atoms. The summed E-state index contributed by atoms with van der Waals surface area (Å²) in [7, 11) is 3.75. The number of hydrogen-bond acceptors (Lipinski definition) is 4. The first-order valence-electron chi connectivity index (χ1n) is 3.06. The number of rotatable bonds is 1. The Kier molecular flexibility index (Phi) is 2.48. The molecule has 0 atom stereocenters. The van der Waals surface area contributed by atoms with Gasteiger partial charge in [-0.2, -0.15) is 4.98 Å². The molecule has 1 rings (SSSR count). The maximum Gasteiger partial charge on any atom is 0.226 e. The smallest absolute Gasteiger partial charge is 0.226 e. The molecule has 5 heteroatoms. The predicted octanol–water partition coefficient (Wildman–Crippen LogP) is 0.729. The molecule has 2 N–H and O–H groups in total. The lowest BCUT2D eigenvalue weighted by Gasteiger charge is -2.09. The Morgan fingerprint density at radius 2 is 2.18 bits per heavy atom. The predicted molar refractivity (Wildman–Crippen MR) is 53.5 cm³/mol. The van der Waals surface area contributed by atoms with Crippen molar-refractivity contribution in [3.8, 4) is 0 Å². The molecule has 1 aromatic heterocycles. The summed E-state index contributed by atoms with van der Waals surface area (Å²) in [6.07, 6.45) is 1.71. The number of anilines is 2. The van der Waals surface area contributed by atoms with E-state index in [0.29, 0.717) is 11.8 Å². The van der Waals surface area contributed by atoms with E-state index < -0.39 is 0 Å². The monoisotopic (exact) mass is 264 g/mol. The second kappa shape index (κ2) is 3.21. The SMILES string of the molecule is CN(C)c1ncc(I)c(N)n1. The summed E-state index contributed by atoms with van der Waals surface area (Å²) < 4.78 is 0.883. The molecule has 1 heterocycles. The van der Waals surface area contributed by atoms with Crippen LogP contribution >= 0.6 is 22.6 Å². The molecule has 0 aliphatic carbocycles. The summed E-state index contributed by atoms with van der Waals surface area (Å²) in [5, 5.41) is 0. The molecular formula is C6H9IN4. The molecule has 60 valence electrons. The van der Waals surface area contributed by atoms with Crippen LogP contribution in [-0.4, -0.2) is 24.1 Å². The molecule has 0 radical (unpaired) electrons. The summed E-state index contributed by atoms with van der Waals surface area (Å²) in [5.74, 6) is 1.17. The molecule has 0 unspecified atom stereocenters. The van der Waals surface area contributed by atoms with Crippen LogP contribution in [0.2, 0.25) is 0 Å². The molecule has 0 bridgehead atoms. The molecule has 0 amide bonds. The van der Waals surface area contributed by atoms with Crippen molar-refractivity contribution in [1.29, 1.82) is 0 Å². The minimum atomic E-state index is 0.532. The van der Waals surface area contributed by atoms with Crippen LogP contribution in [0.15, 0.2) is 6.20 Å². The van der Waals surface area contributed by atoms with Crippen LogP contribution in [0.1, 0.15) is 0 Å². The van der Waals surface area contributed by atoms with E-state index in [2.05, 4.69) is 32.6 Å². The lowest BCUT2D eigenvalue weighted by molar-refractivity contribution is 0.998. The molecule has 0 aliphatic rings. The van der Waals surface area contributed by atoms with E-state index >= 15 is 0 Å². The van der Waals surface area contributed by atoms with Crippen LogP contribution in [0.5, 0.6) is 0 Å². The summed E-state index contributed by atoms with van der Waals surface area (Å²) in [6, 6.07) is 0. The second-order valence-electron chi connectivity index (χ2n) is 2.30. The topological polar surface area (TPSA) is 55.0 Å². The van der Waals surface area contributed by atoms with Crippen molar-refractivity contribution in [2.45, 2.75) is 0 Å². The Labute approximate surface area is 79.0 Å². The van der Waals surface area contributed by atoms with E-state index in [1.54, 1.807) is 6.20 Å². The van der Waals surface area contributed by atoms with Gasteiger partial charge < -0.3 is 10.6 Å². The number of nitrogen functional groups attached to an aromatic ring is 1. The Morgan fingerprint density at radius 1 is 1.55 bits per heavy atom. The largest absolute Gasteiger partial charge is 0.383 e. The summed E-state index contributed by atoms with van der Waals surface area (Å²) in [4.78, 5) is 9.94. The fraction of sp³-hybridized carbons (Fsp3) is 0.333. The van der Waals surface area contributed by atoms with Crippen LogP contribution in [-0.2, 0) is 0 Å². The first kappa shape index (κ1) is 8.51. The Morgan fingerprint density at radius 3 is 2.64 bits per heavy atom. The number of nitrogens with two attached hydrogens (primary N) is 1. The first-order chi connectivity index (χ1) is 5.11. The van der Waals surface area contributed by atoms with Crippen molar-refractivity contribution in [1.82, 2.24) is 9.97 Å². The van der Waals surface area contributed by atoms with E-state index in [4.69, 9.17) is 5.73 Å². The minimum Gasteiger partial charge on any atom is -0.383 e. The van der Waals surface area contributed by atoms with Crippen LogP contribution in [0.25, 0.3) is 0 Å². The molecule has 0 saturated carbocycles. The lowest BCUT2D eigenvalue weighted by atomic mass is 10.6. The van der Waals surface area contributed by atoms with Gasteiger partial charge in [-0.3, -0.25) is 0 Å². The minimum absolute atomic E-state index is 0.532. The molecule has 0 spiro atoms. The highest BCUT2D eigenvalue weighted by Gasteiger charge is 2.01. The fourth-order valence-corrected chi connectivity index (χ4v) is 0.846. The molecular weight excluding hydrogens is 255 g/mol. The van der Waals surface area contributed by atoms with Crippen LogP contribution in [0, 0.1) is 3.57 Å². The highest BCUT2D eigenvalue weighted by molar-refractivity contribution is 14.1. The van der Waals surface area contributed by atoms with E-state index in [1.807, 2.05) is 19.0 Å². The van der Waals surface area contributed by atoms with Gasteiger partial charge in [0.25, 0.3) is 0 Å². The third kappa shape index (κ3) is 1.92. The Hall–Kier alpha value is -0.590. The van der Waals surface area contributed by atoms with Crippen molar-refractivity contribution < 1.29 is 0 Å². The van der Waals surface area contributed by atoms with Crippen LogP contribution < -0.4 is 10.6 Å². The zero-order valence-electron chi connectivity index (χ0n) is 6.37. The van der Waals surface area contributed by atoms with Crippen molar-refractivity contribution in [2.75, 3.05) is 24.7 Å². The Balaban J connectivity index is 3.05. The average Bonchev–Trinajstić information content (AvgIpc) is 1.94. The van der Waals surface area contributed by atoms with Gasteiger partial charge in [-0.1, -0.05) is 0 Å². The third-order valence-electron chi connectivity index (χ3n) is 1.16. The van der Waals surface area contributed by atoms with Crippen molar-refractivity contribution in [2.24, 2.45) is 0 Å². The normalized spacial score (nSPS) is 9.73. The number of hydrogen-bond donors (Lipinski definition) is 1. The molecule has 0 aliphatic heterocycles. The molecule has 4 nitrogen and oxygen atoms in total. The summed E-state index contributed by atoms with van der Waals surface area (Å²) in [5.41, 5.74) is 5.57. The number of nitrogens with zero attached hydrogens (tertiary/aromatic N) is 3. The number of halogens is 1. The van der Waals surface area contributed by atoms with Crippen LogP contribution in [0.3, 0.4) is 0 Å². The maximum atomic E-state index is 5.57. The Bertz CT molecular complexity index is 261. The molecule has 0 saturated heterocycles. The van der Waals surface area contributed by atoms with Gasteiger partial charge in [0.2, 0.25) is 5.95 Å². The standard InChI is InChI=1S/C6H9IN4/c1-11(2)6-9-3-4(7)5(8)10-6/h3H,1-2H3,(H2,8,9,10). The maximum absolute atomic E-state index is 5.57. The zero-order valence-corrected chi connectivity index (χ0v) is 8.53. The van der Waals surface area contributed by atoms with Crippen molar-refractivity contribution in [3.05, 3.63) is 9.77 Å². The van der Waals surface area contributed by atoms with Crippen molar-refractivity contribution in [3.63, 3.8) is 0 Å². The quantitative estimate of drug-likeness (QED) is 0.760. The zero-order chi connectivity index (χ0) is 8.43. The van der Waals surface area contributed by atoms with Gasteiger partial charge in [0.15, 0.2) is 0 Å². The first-order valence-corrected chi connectivity index (χ1v) is 4.14. The van der Waals surface area contributed by atoms with Crippen LogP contribution in [0.4, 0.5) is 11.8 Å². The summed E-state index contributed by atoms with van der Waals surface area (Å²) in [6.45, 7) is 0. The lowest BCUT2D eigenvalue weighted by Crippen LogP contribution is -2.13. The summed E-state index contributed by atoms with van der Waals surface area (Å²) >= 11 is 2.10. The van der Waals surface area contributed by atoms with Gasteiger partial charge >= 0.3 is 0 Å². The third-order valence-corrected chi connectivity index (χ3v) is 1.99. The number of aromatic nitrogens is 2. The second-order valence-corrected chi connectivity index (χ2v) is 3.46. The fourth-order valence-electron chi connectivity index (χ4n) is 0.586. The van der Waals surface area contributed by atoms with Gasteiger partial charge in [-0.15, -0.1) is 0 Å². The van der Waals surface area contributed by atoms with Gasteiger partial charge in [0.05, 0.1) is 3.57 Å². The molecule has 0 aromatic carbocycles. The average molecular weight is 264 g/mol. The van der Waals surface area contributed by atoms with Crippen molar-refractivity contribution >= 4 is 34.4 Å².